The number of rotatable bonds is 1. The molecule has 0 spiro atoms. The summed E-state index contributed by atoms with van der Waals surface area (Å²) in [6, 6.07) is 15.8. The fourth-order valence-electron chi connectivity index (χ4n) is 1.59. The number of halogens is 1. The Balaban J connectivity index is 2.61. The third-order valence-corrected chi connectivity index (χ3v) is 2.96. The zero-order chi connectivity index (χ0) is 11.5. The van der Waals surface area contributed by atoms with Crippen LogP contribution in [0.1, 0.15) is 11.1 Å². The van der Waals surface area contributed by atoms with Gasteiger partial charge in [-0.15, -0.1) is 0 Å². The number of nitriles is 1. The Labute approximate surface area is 99.9 Å². The maximum atomic E-state index is 9.01. The van der Waals surface area contributed by atoms with Crippen LogP contribution in [0, 0.1) is 18.3 Å². The van der Waals surface area contributed by atoms with E-state index in [-0.39, 0.29) is 0 Å². The molecule has 2 aromatic carbocycles. The minimum absolute atomic E-state index is 0.631. The van der Waals surface area contributed by atoms with Crippen LogP contribution in [0.5, 0.6) is 0 Å². The fraction of sp³-hybridized carbons (Fsp3) is 0.0714. The molecule has 0 bridgehead atoms. The second-order valence-electron chi connectivity index (χ2n) is 3.61. The molecule has 0 unspecified atom stereocenters. The molecule has 0 aromatic heterocycles. The van der Waals surface area contributed by atoms with Crippen LogP contribution in [0.4, 0.5) is 0 Å². The first-order chi connectivity index (χ1) is 7.72. The molecule has 16 heavy (non-hydrogen) atoms. The second kappa shape index (κ2) is 4.38. The minimum Gasteiger partial charge on any atom is -0.192 e. The summed E-state index contributed by atoms with van der Waals surface area (Å²) in [5.41, 5.74) is 3.52. The van der Waals surface area contributed by atoms with E-state index in [1.165, 1.54) is 0 Å². The summed E-state index contributed by atoms with van der Waals surface area (Å²) in [6.45, 7) is 1.86. The molecule has 0 heterocycles. The van der Waals surface area contributed by atoms with E-state index in [9.17, 15) is 0 Å². The van der Waals surface area contributed by atoms with Gasteiger partial charge in [-0.2, -0.15) is 5.26 Å². The lowest BCUT2D eigenvalue weighted by atomic mass is 10.0. The van der Waals surface area contributed by atoms with Crippen molar-refractivity contribution in [2.75, 3.05) is 0 Å². The van der Waals surface area contributed by atoms with Crippen molar-refractivity contribution in [2.45, 2.75) is 6.92 Å². The molecule has 2 heteroatoms. The van der Waals surface area contributed by atoms with Gasteiger partial charge < -0.3 is 0 Å². The topological polar surface area (TPSA) is 23.8 Å². The fourth-order valence-corrected chi connectivity index (χ4v) is 1.81. The van der Waals surface area contributed by atoms with Gasteiger partial charge in [0.15, 0.2) is 0 Å². The molecule has 0 N–H and O–H groups in total. The zero-order valence-electron chi connectivity index (χ0n) is 8.87. The summed E-state index contributed by atoms with van der Waals surface area (Å²) in [5.74, 6) is 0. The van der Waals surface area contributed by atoms with Crippen molar-refractivity contribution in [3.8, 4) is 17.2 Å². The summed E-state index contributed by atoms with van der Waals surface area (Å²) < 4.78 is 0. The van der Waals surface area contributed by atoms with E-state index < -0.39 is 0 Å². The first-order valence-corrected chi connectivity index (χ1v) is 5.36. The summed E-state index contributed by atoms with van der Waals surface area (Å²) in [4.78, 5) is 0. The van der Waals surface area contributed by atoms with Crippen LogP contribution < -0.4 is 0 Å². The van der Waals surface area contributed by atoms with Crippen molar-refractivity contribution in [3.05, 3.63) is 58.6 Å². The van der Waals surface area contributed by atoms with Crippen molar-refractivity contribution in [1.29, 1.82) is 5.26 Å². The molecule has 0 saturated heterocycles. The van der Waals surface area contributed by atoms with Gasteiger partial charge in [-0.1, -0.05) is 41.9 Å². The number of hydrogen-bond acceptors (Lipinski definition) is 1. The van der Waals surface area contributed by atoms with Gasteiger partial charge in [0.05, 0.1) is 11.6 Å². The van der Waals surface area contributed by atoms with Crippen molar-refractivity contribution < 1.29 is 0 Å². The molecule has 0 fully saturated rings. The molecule has 0 aliphatic carbocycles. The highest BCUT2D eigenvalue weighted by atomic mass is 35.5. The molecule has 1 nitrogen and oxygen atoms in total. The first kappa shape index (κ1) is 10.7. The quantitative estimate of drug-likeness (QED) is 0.717. The third-order valence-electron chi connectivity index (χ3n) is 2.57. The average molecular weight is 228 g/mol. The average Bonchev–Trinajstić information content (AvgIpc) is 2.33. The SMILES string of the molecule is Cc1c(Cl)cc(-c2ccccc2)cc1C#N. The molecular formula is C14H10ClN. The number of nitrogens with zero attached hydrogens (tertiary/aromatic N) is 1. The predicted octanol–water partition coefficient (Wildman–Crippen LogP) is 4.19. The largest absolute Gasteiger partial charge is 0.192 e. The van der Waals surface area contributed by atoms with E-state index in [0.717, 1.165) is 16.7 Å². The normalized spacial score (nSPS) is 9.81. The van der Waals surface area contributed by atoms with Crippen LogP contribution in [0.15, 0.2) is 42.5 Å². The summed E-state index contributed by atoms with van der Waals surface area (Å²) >= 11 is 6.10. The van der Waals surface area contributed by atoms with Gasteiger partial charge in [-0.05, 0) is 35.7 Å². The van der Waals surface area contributed by atoms with Gasteiger partial charge in [0, 0.05) is 5.02 Å². The Morgan fingerprint density at radius 3 is 2.38 bits per heavy atom. The zero-order valence-corrected chi connectivity index (χ0v) is 9.62. The second-order valence-corrected chi connectivity index (χ2v) is 4.02. The molecule has 0 atom stereocenters. The lowest BCUT2D eigenvalue weighted by Gasteiger charge is -2.06. The molecule has 0 aliphatic heterocycles. The van der Waals surface area contributed by atoms with Crippen molar-refractivity contribution >= 4 is 11.6 Å². The van der Waals surface area contributed by atoms with Crippen LogP contribution in [0.3, 0.4) is 0 Å². The number of benzene rings is 2. The highest BCUT2D eigenvalue weighted by molar-refractivity contribution is 6.31. The van der Waals surface area contributed by atoms with Crippen LogP contribution >= 0.6 is 11.6 Å². The smallest absolute Gasteiger partial charge is 0.0995 e. The molecule has 2 rings (SSSR count). The molecule has 0 saturated carbocycles. The van der Waals surface area contributed by atoms with E-state index in [4.69, 9.17) is 16.9 Å². The molecule has 78 valence electrons. The lowest BCUT2D eigenvalue weighted by molar-refractivity contribution is 1.39. The van der Waals surface area contributed by atoms with Gasteiger partial charge in [-0.3, -0.25) is 0 Å². The van der Waals surface area contributed by atoms with Gasteiger partial charge >= 0.3 is 0 Å². The molecule has 0 radical (unpaired) electrons. The van der Waals surface area contributed by atoms with E-state index in [2.05, 4.69) is 6.07 Å². The Morgan fingerprint density at radius 2 is 1.75 bits per heavy atom. The highest BCUT2D eigenvalue weighted by Crippen LogP contribution is 2.27. The Morgan fingerprint density at radius 1 is 1.06 bits per heavy atom. The van der Waals surface area contributed by atoms with Gasteiger partial charge in [0.2, 0.25) is 0 Å². The van der Waals surface area contributed by atoms with E-state index in [0.29, 0.717) is 10.6 Å². The first-order valence-electron chi connectivity index (χ1n) is 4.98. The standard InChI is InChI=1S/C14H10ClN/c1-10-13(9-16)7-12(8-14(10)15)11-5-3-2-4-6-11/h2-8H,1H3. The predicted molar refractivity (Wildman–Crippen MR) is 66.3 cm³/mol. The van der Waals surface area contributed by atoms with E-state index in [1.807, 2.05) is 49.4 Å². The minimum atomic E-state index is 0.631. The molecular weight excluding hydrogens is 218 g/mol. The Bertz CT molecular complexity index is 553. The summed E-state index contributed by atoms with van der Waals surface area (Å²) in [6.07, 6.45) is 0. The van der Waals surface area contributed by atoms with Crippen molar-refractivity contribution in [1.82, 2.24) is 0 Å². The van der Waals surface area contributed by atoms with Gasteiger partial charge in [-0.25, -0.2) is 0 Å². The number of hydrogen-bond donors (Lipinski definition) is 0. The summed E-state index contributed by atoms with van der Waals surface area (Å²) in [7, 11) is 0. The molecule has 2 aromatic rings. The van der Waals surface area contributed by atoms with Crippen LogP contribution in [-0.2, 0) is 0 Å². The lowest BCUT2D eigenvalue weighted by Crippen LogP contribution is -1.86. The van der Waals surface area contributed by atoms with Gasteiger partial charge in [0.25, 0.3) is 0 Å². The monoisotopic (exact) mass is 227 g/mol. The molecule has 0 aliphatic rings. The Hall–Kier alpha value is -1.78. The van der Waals surface area contributed by atoms with Crippen molar-refractivity contribution in [3.63, 3.8) is 0 Å². The summed E-state index contributed by atoms with van der Waals surface area (Å²) in [5, 5.41) is 9.64. The van der Waals surface area contributed by atoms with Crippen molar-refractivity contribution in [2.24, 2.45) is 0 Å². The van der Waals surface area contributed by atoms with Gasteiger partial charge in [0.1, 0.15) is 0 Å². The molecule has 0 amide bonds. The van der Waals surface area contributed by atoms with E-state index >= 15 is 0 Å². The Kier molecular flexibility index (Phi) is 2.94. The van der Waals surface area contributed by atoms with E-state index in [1.54, 1.807) is 0 Å². The maximum absolute atomic E-state index is 9.01. The highest BCUT2D eigenvalue weighted by Gasteiger charge is 2.06. The van der Waals surface area contributed by atoms with Crippen LogP contribution in [0.25, 0.3) is 11.1 Å². The van der Waals surface area contributed by atoms with Crippen LogP contribution in [0.2, 0.25) is 5.02 Å². The van der Waals surface area contributed by atoms with Crippen LogP contribution in [-0.4, -0.2) is 0 Å². The maximum Gasteiger partial charge on any atom is 0.0995 e. The third kappa shape index (κ3) is 1.93.